The number of aryl methyl sites for hydroxylation is 1. The number of rotatable bonds is 0. The predicted molar refractivity (Wildman–Crippen MR) is 49.3 cm³/mol. The van der Waals surface area contributed by atoms with Crippen LogP contribution in [-0.2, 0) is 0 Å². The Kier molecular flexibility index (Phi) is 1.73. The van der Waals surface area contributed by atoms with Crippen molar-refractivity contribution < 1.29 is 0 Å². The van der Waals surface area contributed by atoms with E-state index in [1.165, 1.54) is 0 Å². The second kappa shape index (κ2) is 2.77. The summed E-state index contributed by atoms with van der Waals surface area (Å²) in [6.45, 7) is 1.77. The number of hydrogen-bond acceptors (Lipinski definition) is 5. The molecular weight excluding hydrogens is 190 g/mol. The van der Waals surface area contributed by atoms with Gasteiger partial charge in [-0.25, -0.2) is 15.0 Å². The molecule has 0 spiro atoms. The van der Waals surface area contributed by atoms with E-state index in [1.807, 2.05) is 0 Å². The van der Waals surface area contributed by atoms with Gasteiger partial charge in [0.05, 0.1) is 6.20 Å². The number of nitrogens with two attached hydrogens (primary N) is 1. The van der Waals surface area contributed by atoms with Gasteiger partial charge in [0.1, 0.15) is 16.9 Å². The van der Waals surface area contributed by atoms with Crippen LogP contribution < -0.4 is 5.73 Å². The van der Waals surface area contributed by atoms with Crippen LogP contribution in [0.25, 0.3) is 11.0 Å². The Morgan fingerprint density at radius 3 is 2.85 bits per heavy atom. The SMILES string of the molecule is Cc1ncc2nc(N)nc(Cl)c2n1. The highest BCUT2D eigenvalue weighted by Gasteiger charge is 2.05. The zero-order valence-electron chi connectivity index (χ0n) is 6.82. The van der Waals surface area contributed by atoms with E-state index in [0.29, 0.717) is 16.9 Å². The summed E-state index contributed by atoms with van der Waals surface area (Å²) in [6, 6.07) is 0. The fourth-order valence-corrected chi connectivity index (χ4v) is 1.22. The molecule has 13 heavy (non-hydrogen) atoms. The van der Waals surface area contributed by atoms with Crippen molar-refractivity contribution in [1.29, 1.82) is 0 Å². The molecular formula is C7H6ClN5. The van der Waals surface area contributed by atoms with Gasteiger partial charge in [0.2, 0.25) is 5.95 Å². The molecule has 0 aliphatic heterocycles. The molecule has 0 bridgehead atoms. The monoisotopic (exact) mass is 195 g/mol. The third-order valence-corrected chi connectivity index (χ3v) is 1.80. The van der Waals surface area contributed by atoms with Crippen LogP contribution in [-0.4, -0.2) is 19.9 Å². The molecule has 66 valence electrons. The molecule has 0 amide bonds. The molecule has 0 aliphatic rings. The van der Waals surface area contributed by atoms with Crippen LogP contribution in [0.4, 0.5) is 5.95 Å². The fourth-order valence-electron chi connectivity index (χ4n) is 0.999. The molecule has 0 saturated heterocycles. The Balaban J connectivity index is 2.87. The molecule has 0 fully saturated rings. The maximum absolute atomic E-state index is 5.81. The Hall–Kier alpha value is -1.49. The first-order chi connectivity index (χ1) is 6.16. The average molecular weight is 196 g/mol. The average Bonchev–Trinajstić information content (AvgIpc) is 2.06. The van der Waals surface area contributed by atoms with Crippen molar-refractivity contribution in [2.45, 2.75) is 6.92 Å². The summed E-state index contributed by atoms with van der Waals surface area (Å²) < 4.78 is 0. The number of aromatic nitrogens is 4. The Bertz CT molecular complexity index is 470. The second-order valence-corrected chi connectivity index (χ2v) is 2.88. The molecule has 2 aromatic heterocycles. The Morgan fingerprint density at radius 1 is 1.31 bits per heavy atom. The zero-order chi connectivity index (χ0) is 9.42. The Labute approximate surface area is 79.0 Å². The number of fused-ring (bicyclic) bond motifs is 1. The molecule has 2 heterocycles. The van der Waals surface area contributed by atoms with Crippen LogP contribution in [0.2, 0.25) is 5.15 Å². The summed E-state index contributed by atoms with van der Waals surface area (Å²) in [7, 11) is 0. The van der Waals surface area contributed by atoms with Gasteiger partial charge in [-0.2, -0.15) is 4.98 Å². The largest absolute Gasteiger partial charge is 0.368 e. The quantitative estimate of drug-likeness (QED) is 0.634. The van der Waals surface area contributed by atoms with E-state index in [-0.39, 0.29) is 11.1 Å². The first-order valence-electron chi connectivity index (χ1n) is 3.59. The molecule has 0 aromatic carbocycles. The van der Waals surface area contributed by atoms with Gasteiger partial charge in [0.25, 0.3) is 0 Å². The lowest BCUT2D eigenvalue weighted by Crippen LogP contribution is -1.98. The summed E-state index contributed by atoms with van der Waals surface area (Å²) in [5.74, 6) is 0.757. The van der Waals surface area contributed by atoms with Gasteiger partial charge >= 0.3 is 0 Å². The van der Waals surface area contributed by atoms with Crippen molar-refractivity contribution in [1.82, 2.24) is 19.9 Å². The summed E-state index contributed by atoms with van der Waals surface area (Å²) in [5.41, 5.74) is 6.49. The predicted octanol–water partition coefficient (Wildman–Crippen LogP) is 0.964. The van der Waals surface area contributed by atoms with Crippen molar-refractivity contribution in [3.05, 3.63) is 17.2 Å². The first kappa shape index (κ1) is 8.12. The molecule has 5 nitrogen and oxygen atoms in total. The maximum atomic E-state index is 5.81. The molecule has 0 atom stereocenters. The second-order valence-electron chi connectivity index (χ2n) is 2.52. The van der Waals surface area contributed by atoms with E-state index in [0.717, 1.165) is 0 Å². The minimum Gasteiger partial charge on any atom is -0.368 e. The number of anilines is 1. The van der Waals surface area contributed by atoms with Gasteiger partial charge < -0.3 is 5.73 Å². The molecule has 0 aliphatic carbocycles. The first-order valence-corrected chi connectivity index (χ1v) is 3.97. The number of nitrogen functional groups attached to an aromatic ring is 1. The fraction of sp³-hybridized carbons (Fsp3) is 0.143. The summed E-state index contributed by atoms with van der Waals surface area (Å²) >= 11 is 5.81. The van der Waals surface area contributed by atoms with Crippen LogP contribution in [0.3, 0.4) is 0 Å². The van der Waals surface area contributed by atoms with Crippen molar-refractivity contribution in [2.24, 2.45) is 0 Å². The maximum Gasteiger partial charge on any atom is 0.222 e. The van der Waals surface area contributed by atoms with E-state index < -0.39 is 0 Å². The highest BCUT2D eigenvalue weighted by atomic mass is 35.5. The number of nitrogens with zero attached hydrogens (tertiary/aromatic N) is 4. The van der Waals surface area contributed by atoms with Gasteiger partial charge in [-0.15, -0.1) is 0 Å². The van der Waals surface area contributed by atoms with Crippen molar-refractivity contribution in [3.63, 3.8) is 0 Å². The third-order valence-electron chi connectivity index (χ3n) is 1.53. The minimum atomic E-state index is 0.130. The van der Waals surface area contributed by atoms with Crippen molar-refractivity contribution in [2.75, 3.05) is 5.73 Å². The minimum absolute atomic E-state index is 0.130. The van der Waals surface area contributed by atoms with Crippen LogP contribution >= 0.6 is 11.6 Å². The lowest BCUT2D eigenvalue weighted by Gasteiger charge is -1.99. The van der Waals surface area contributed by atoms with Gasteiger partial charge in [0, 0.05) is 0 Å². The molecule has 2 N–H and O–H groups in total. The zero-order valence-corrected chi connectivity index (χ0v) is 7.58. The summed E-state index contributed by atoms with van der Waals surface area (Å²) in [5, 5.41) is 0.257. The van der Waals surface area contributed by atoms with Crippen LogP contribution in [0.5, 0.6) is 0 Å². The Morgan fingerprint density at radius 2 is 2.08 bits per heavy atom. The van der Waals surface area contributed by atoms with E-state index in [9.17, 15) is 0 Å². The van der Waals surface area contributed by atoms with Gasteiger partial charge in [-0.05, 0) is 6.92 Å². The smallest absolute Gasteiger partial charge is 0.222 e. The normalized spacial score (nSPS) is 10.6. The third kappa shape index (κ3) is 1.38. The van der Waals surface area contributed by atoms with Crippen molar-refractivity contribution in [3.8, 4) is 0 Å². The van der Waals surface area contributed by atoms with Crippen LogP contribution in [0, 0.1) is 6.92 Å². The lowest BCUT2D eigenvalue weighted by molar-refractivity contribution is 1.07. The van der Waals surface area contributed by atoms with Gasteiger partial charge in [-0.1, -0.05) is 11.6 Å². The highest BCUT2D eigenvalue weighted by molar-refractivity contribution is 6.33. The molecule has 6 heteroatoms. The van der Waals surface area contributed by atoms with Crippen LogP contribution in [0.15, 0.2) is 6.20 Å². The van der Waals surface area contributed by atoms with Crippen LogP contribution in [0.1, 0.15) is 5.82 Å². The van der Waals surface area contributed by atoms with Gasteiger partial charge in [-0.3, -0.25) is 0 Å². The number of hydrogen-bond donors (Lipinski definition) is 1. The van der Waals surface area contributed by atoms with E-state index >= 15 is 0 Å². The van der Waals surface area contributed by atoms with E-state index in [2.05, 4.69) is 19.9 Å². The highest BCUT2D eigenvalue weighted by Crippen LogP contribution is 2.17. The summed E-state index contributed by atoms with van der Waals surface area (Å²) in [4.78, 5) is 15.8. The van der Waals surface area contributed by atoms with Gasteiger partial charge in [0.15, 0.2) is 5.15 Å². The van der Waals surface area contributed by atoms with Crippen molar-refractivity contribution >= 4 is 28.6 Å². The molecule has 0 unspecified atom stereocenters. The van der Waals surface area contributed by atoms with E-state index in [1.54, 1.807) is 13.1 Å². The molecule has 0 saturated carbocycles. The lowest BCUT2D eigenvalue weighted by atomic mass is 10.4. The molecule has 0 radical (unpaired) electrons. The molecule has 2 aromatic rings. The molecule has 2 rings (SSSR count). The topological polar surface area (TPSA) is 77.6 Å². The summed E-state index contributed by atoms with van der Waals surface area (Å²) in [6.07, 6.45) is 1.57. The standard InChI is InChI=1S/C7H6ClN5/c1-3-10-2-4-5(11-3)6(8)13-7(9)12-4/h2H,1H3,(H2,9,12,13). The van der Waals surface area contributed by atoms with E-state index in [4.69, 9.17) is 17.3 Å². The number of halogens is 1.